The van der Waals surface area contributed by atoms with Crippen LogP contribution >= 0.6 is 11.6 Å². The maximum Gasteiger partial charge on any atom is 0.121 e. The summed E-state index contributed by atoms with van der Waals surface area (Å²) in [5, 5.41) is 9.23. The molecule has 1 aromatic carbocycles. The zero-order chi connectivity index (χ0) is 10.7. The summed E-state index contributed by atoms with van der Waals surface area (Å²) in [6, 6.07) is 7.58. The average molecular weight is 222 g/mol. The van der Waals surface area contributed by atoms with E-state index in [9.17, 15) is 0 Å². The van der Waals surface area contributed by atoms with Gasteiger partial charge in [0.25, 0.3) is 0 Å². The van der Waals surface area contributed by atoms with Crippen molar-refractivity contribution < 1.29 is 4.74 Å². The van der Waals surface area contributed by atoms with Crippen molar-refractivity contribution in [3.8, 4) is 11.8 Å². The van der Waals surface area contributed by atoms with Crippen molar-refractivity contribution in [1.82, 2.24) is 0 Å². The zero-order valence-electron chi connectivity index (χ0n) is 8.37. The number of ether oxygens (including phenoxy) is 1. The van der Waals surface area contributed by atoms with Crippen LogP contribution in [0.5, 0.6) is 5.75 Å². The average Bonchev–Trinajstić information content (AvgIpc) is 2.98. The Labute approximate surface area is 94.4 Å². The van der Waals surface area contributed by atoms with Crippen LogP contribution in [-0.4, -0.2) is 6.61 Å². The molecule has 1 saturated carbocycles. The van der Waals surface area contributed by atoms with Crippen LogP contribution in [0, 0.1) is 17.2 Å². The minimum Gasteiger partial charge on any atom is -0.493 e. The van der Waals surface area contributed by atoms with E-state index < -0.39 is 0 Å². The number of benzene rings is 1. The third kappa shape index (κ3) is 3.14. The van der Waals surface area contributed by atoms with Crippen LogP contribution in [0.15, 0.2) is 18.2 Å². The van der Waals surface area contributed by atoms with Crippen molar-refractivity contribution in [2.75, 3.05) is 6.61 Å². The molecule has 0 amide bonds. The van der Waals surface area contributed by atoms with Gasteiger partial charge in [0.1, 0.15) is 5.75 Å². The van der Waals surface area contributed by atoms with Gasteiger partial charge in [-0.1, -0.05) is 11.6 Å². The standard InChI is InChI=1S/C12H12ClNO/c13-11-5-10(3-4-14)6-12(7-11)15-8-9-1-2-9/h5-7,9H,1-3,8H2. The Bertz CT molecular complexity index is 393. The van der Waals surface area contributed by atoms with E-state index in [-0.39, 0.29) is 0 Å². The Morgan fingerprint density at radius 2 is 2.20 bits per heavy atom. The molecule has 1 aliphatic rings. The highest BCUT2D eigenvalue weighted by Gasteiger charge is 2.21. The first-order valence-electron chi connectivity index (χ1n) is 5.07. The van der Waals surface area contributed by atoms with Crippen molar-refractivity contribution in [1.29, 1.82) is 5.26 Å². The number of hydrogen-bond acceptors (Lipinski definition) is 2. The molecule has 1 aliphatic carbocycles. The van der Waals surface area contributed by atoms with Crippen LogP contribution in [-0.2, 0) is 6.42 Å². The van der Waals surface area contributed by atoms with Gasteiger partial charge in [-0.2, -0.15) is 5.26 Å². The molecular formula is C12H12ClNO. The summed E-state index contributed by atoms with van der Waals surface area (Å²) in [6.07, 6.45) is 2.91. The van der Waals surface area contributed by atoms with E-state index in [1.54, 1.807) is 12.1 Å². The van der Waals surface area contributed by atoms with Crippen molar-refractivity contribution >= 4 is 11.6 Å². The fourth-order valence-electron chi connectivity index (χ4n) is 1.40. The molecule has 0 radical (unpaired) electrons. The quantitative estimate of drug-likeness (QED) is 0.782. The van der Waals surface area contributed by atoms with E-state index >= 15 is 0 Å². The second-order valence-electron chi connectivity index (χ2n) is 3.88. The molecule has 2 nitrogen and oxygen atoms in total. The molecule has 3 heteroatoms. The van der Waals surface area contributed by atoms with Gasteiger partial charge in [-0.3, -0.25) is 0 Å². The molecule has 0 unspecified atom stereocenters. The van der Waals surface area contributed by atoms with Gasteiger partial charge in [0.2, 0.25) is 0 Å². The fraction of sp³-hybridized carbons (Fsp3) is 0.417. The number of nitrogens with zero attached hydrogens (tertiary/aromatic N) is 1. The maximum atomic E-state index is 8.60. The highest BCUT2D eigenvalue weighted by Crippen LogP contribution is 2.30. The first kappa shape index (κ1) is 10.3. The number of hydrogen-bond donors (Lipinski definition) is 0. The molecule has 0 aromatic heterocycles. The summed E-state index contributed by atoms with van der Waals surface area (Å²) in [6.45, 7) is 0.770. The van der Waals surface area contributed by atoms with E-state index in [0.717, 1.165) is 23.8 Å². The van der Waals surface area contributed by atoms with Gasteiger partial charge >= 0.3 is 0 Å². The molecule has 0 N–H and O–H groups in total. The molecule has 0 bridgehead atoms. The lowest BCUT2D eigenvalue weighted by atomic mass is 10.1. The normalized spacial score (nSPS) is 14.7. The topological polar surface area (TPSA) is 33.0 Å². The molecule has 1 aromatic rings. The lowest BCUT2D eigenvalue weighted by molar-refractivity contribution is 0.299. The van der Waals surface area contributed by atoms with Crippen molar-refractivity contribution in [3.63, 3.8) is 0 Å². The van der Waals surface area contributed by atoms with Gasteiger partial charge in [0.05, 0.1) is 19.1 Å². The molecule has 15 heavy (non-hydrogen) atoms. The van der Waals surface area contributed by atoms with Gasteiger partial charge in [0, 0.05) is 5.02 Å². The number of nitriles is 1. The van der Waals surface area contributed by atoms with Crippen LogP contribution in [0.4, 0.5) is 0 Å². The molecule has 0 spiro atoms. The second-order valence-corrected chi connectivity index (χ2v) is 4.32. The molecule has 0 saturated heterocycles. The van der Waals surface area contributed by atoms with Crippen LogP contribution in [0.25, 0.3) is 0 Å². The highest BCUT2D eigenvalue weighted by atomic mass is 35.5. The second kappa shape index (κ2) is 4.55. The highest BCUT2D eigenvalue weighted by molar-refractivity contribution is 6.30. The van der Waals surface area contributed by atoms with Crippen molar-refractivity contribution in [2.24, 2.45) is 5.92 Å². The summed E-state index contributed by atoms with van der Waals surface area (Å²) in [7, 11) is 0. The molecule has 0 aliphatic heterocycles. The third-order valence-corrected chi connectivity index (χ3v) is 2.62. The van der Waals surface area contributed by atoms with E-state index in [2.05, 4.69) is 6.07 Å². The van der Waals surface area contributed by atoms with Crippen LogP contribution in [0.2, 0.25) is 5.02 Å². The summed E-state index contributed by atoms with van der Waals surface area (Å²) in [5.41, 5.74) is 0.913. The Morgan fingerprint density at radius 1 is 1.40 bits per heavy atom. The Hall–Kier alpha value is -1.20. The van der Waals surface area contributed by atoms with Crippen LogP contribution in [0.1, 0.15) is 18.4 Å². The van der Waals surface area contributed by atoms with E-state index in [1.165, 1.54) is 12.8 Å². The van der Waals surface area contributed by atoms with Gasteiger partial charge < -0.3 is 4.74 Å². The third-order valence-electron chi connectivity index (χ3n) is 2.40. The van der Waals surface area contributed by atoms with Crippen molar-refractivity contribution in [3.05, 3.63) is 28.8 Å². The Morgan fingerprint density at radius 3 is 2.87 bits per heavy atom. The predicted octanol–water partition coefficient (Wildman–Crippen LogP) is 3.19. The SMILES string of the molecule is N#CCc1cc(Cl)cc(OCC2CC2)c1. The molecule has 0 atom stereocenters. The van der Waals surface area contributed by atoms with Crippen LogP contribution in [0.3, 0.4) is 0 Å². The van der Waals surface area contributed by atoms with Gasteiger partial charge in [0.15, 0.2) is 0 Å². The maximum absolute atomic E-state index is 8.60. The van der Waals surface area contributed by atoms with Crippen molar-refractivity contribution in [2.45, 2.75) is 19.3 Å². The molecule has 0 heterocycles. The van der Waals surface area contributed by atoms with E-state index in [0.29, 0.717) is 11.4 Å². The Kier molecular flexibility index (Phi) is 3.13. The largest absolute Gasteiger partial charge is 0.493 e. The predicted molar refractivity (Wildman–Crippen MR) is 59.0 cm³/mol. The van der Waals surface area contributed by atoms with E-state index in [4.69, 9.17) is 21.6 Å². The van der Waals surface area contributed by atoms with Gasteiger partial charge in [-0.05, 0) is 42.5 Å². The Balaban J connectivity index is 2.04. The summed E-state index contributed by atoms with van der Waals surface area (Å²) in [5.74, 6) is 1.50. The minimum atomic E-state index is 0.375. The first-order valence-corrected chi connectivity index (χ1v) is 5.45. The monoisotopic (exact) mass is 221 g/mol. The van der Waals surface area contributed by atoms with Gasteiger partial charge in [-0.25, -0.2) is 0 Å². The number of halogens is 1. The number of rotatable bonds is 4. The molecular weight excluding hydrogens is 210 g/mol. The fourth-order valence-corrected chi connectivity index (χ4v) is 1.64. The minimum absolute atomic E-state index is 0.375. The summed E-state index contributed by atoms with van der Waals surface area (Å²) in [4.78, 5) is 0. The van der Waals surface area contributed by atoms with Crippen LogP contribution < -0.4 is 4.74 Å². The summed E-state index contributed by atoms with van der Waals surface area (Å²) >= 11 is 5.93. The van der Waals surface area contributed by atoms with Gasteiger partial charge in [-0.15, -0.1) is 0 Å². The molecule has 1 fully saturated rings. The van der Waals surface area contributed by atoms with E-state index in [1.807, 2.05) is 6.07 Å². The summed E-state index contributed by atoms with van der Waals surface area (Å²) < 4.78 is 5.60. The smallest absolute Gasteiger partial charge is 0.121 e. The lowest BCUT2D eigenvalue weighted by Crippen LogP contribution is -1.99. The molecule has 78 valence electrons. The molecule has 2 rings (SSSR count). The first-order chi connectivity index (χ1) is 7.28. The lowest BCUT2D eigenvalue weighted by Gasteiger charge is -2.07. The zero-order valence-corrected chi connectivity index (χ0v) is 9.13.